The van der Waals surface area contributed by atoms with Crippen molar-refractivity contribution in [3.63, 3.8) is 0 Å². The molecule has 0 unspecified atom stereocenters. The Labute approximate surface area is 116 Å². The van der Waals surface area contributed by atoms with Gasteiger partial charge in [-0.1, -0.05) is 56.5 Å². The molecule has 1 nitrogen and oxygen atoms in total. The predicted octanol–water partition coefficient (Wildman–Crippen LogP) is 4.70. The molecule has 0 aliphatic carbocycles. The van der Waals surface area contributed by atoms with Gasteiger partial charge in [-0.25, -0.2) is 0 Å². The molecule has 0 radical (unpaired) electrons. The van der Waals surface area contributed by atoms with Crippen LogP contribution < -0.4 is 0 Å². The number of nitrogens with zero attached hydrogens (tertiary/aromatic N) is 1. The summed E-state index contributed by atoms with van der Waals surface area (Å²) in [7, 11) is 0. The molecule has 1 aliphatic heterocycles. The lowest BCUT2D eigenvalue weighted by Gasteiger charge is -2.36. The molecule has 1 fully saturated rings. The summed E-state index contributed by atoms with van der Waals surface area (Å²) in [5.41, 5.74) is 1.06. The van der Waals surface area contributed by atoms with Crippen LogP contribution >= 0.6 is 15.9 Å². The lowest BCUT2D eigenvalue weighted by molar-refractivity contribution is 0.160. The van der Waals surface area contributed by atoms with Crippen LogP contribution in [-0.2, 0) is 0 Å². The molecule has 1 saturated heterocycles. The van der Waals surface area contributed by atoms with E-state index in [9.17, 15) is 0 Å². The van der Waals surface area contributed by atoms with Gasteiger partial charge < -0.3 is 4.90 Å². The van der Waals surface area contributed by atoms with E-state index in [1.165, 1.54) is 57.1 Å². The van der Waals surface area contributed by atoms with Gasteiger partial charge in [-0.15, -0.1) is 0 Å². The molecule has 0 aromatic rings. The second kappa shape index (κ2) is 6.56. The maximum atomic E-state index is 3.78. The van der Waals surface area contributed by atoms with Crippen molar-refractivity contribution in [1.82, 2.24) is 4.90 Å². The highest BCUT2D eigenvalue weighted by Gasteiger charge is 2.35. The van der Waals surface area contributed by atoms with Gasteiger partial charge in [0.1, 0.15) is 0 Å². The first kappa shape index (κ1) is 15.5. The zero-order valence-corrected chi connectivity index (χ0v) is 13.8. The van der Waals surface area contributed by atoms with Gasteiger partial charge in [-0.3, -0.25) is 0 Å². The van der Waals surface area contributed by atoms with Gasteiger partial charge >= 0.3 is 0 Å². The molecule has 0 aromatic carbocycles. The largest absolute Gasteiger partial charge is 0.302 e. The van der Waals surface area contributed by atoms with Crippen LogP contribution in [0, 0.1) is 10.8 Å². The van der Waals surface area contributed by atoms with Crippen molar-refractivity contribution in [3.8, 4) is 0 Å². The normalized spacial score (nSPS) is 21.0. The molecule has 0 bridgehead atoms. The van der Waals surface area contributed by atoms with Crippen molar-refractivity contribution < 1.29 is 0 Å². The molecular weight excluding hydrogens is 274 g/mol. The number of likely N-dealkylation sites (tertiary alicyclic amines) is 1. The fourth-order valence-corrected chi connectivity index (χ4v) is 4.09. The number of hydrogen-bond acceptors (Lipinski definition) is 1. The summed E-state index contributed by atoms with van der Waals surface area (Å²) >= 11 is 3.78. The Morgan fingerprint density at radius 1 is 1.18 bits per heavy atom. The summed E-state index contributed by atoms with van der Waals surface area (Å²) < 4.78 is 0. The highest BCUT2D eigenvalue weighted by molar-refractivity contribution is 9.09. The van der Waals surface area contributed by atoms with E-state index in [0.717, 1.165) is 0 Å². The summed E-state index contributed by atoms with van der Waals surface area (Å²) in [5.74, 6) is 0. The number of hydrogen-bond donors (Lipinski definition) is 0. The van der Waals surface area contributed by atoms with Crippen LogP contribution in [0.2, 0.25) is 0 Å². The molecule has 0 aromatic heterocycles. The van der Waals surface area contributed by atoms with Gasteiger partial charge in [0.05, 0.1) is 0 Å². The van der Waals surface area contributed by atoms with Crippen LogP contribution in [0.25, 0.3) is 0 Å². The molecule has 0 amide bonds. The molecular formula is C15H30BrN. The van der Waals surface area contributed by atoms with Crippen LogP contribution in [-0.4, -0.2) is 29.9 Å². The minimum absolute atomic E-state index is 0.518. The third-order valence-electron chi connectivity index (χ3n) is 4.16. The van der Waals surface area contributed by atoms with E-state index in [4.69, 9.17) is 0 Å². The third kappa shape index (κ3) is 4.55. The second-order valence-corrected chi connectivity index (χ2v) is 7.32. The minimum Gasteiger partial charge on any atom is -0.302 e. The Bertz CT molecular complexity index is 219. The minimum atomic E-state index is 0.518. The molecule has 102 valence electrons. The van der Waals surface area contributed by atoms with Gasteiger partial charge in [0, 0.05) is 18.4 Å². The van der Waals surface area contributed by atoms with Gasteiger partial charge in [-0.2, -0.15) is 0 Å². The maximum Gasteiger partial charge on any atom is 0.0100 e. The standard InChI is InChI=1S/C15H30BrN/c1-5-7-15(11-16,8-6-2)13-17-10-9-14(3,4)12-17/h5-13H2,1-4H3. The van der Waals surface area contributed by atoms with Crippen molar-refractivity contribution in [2.24, 2.45) is 10.8 Å². The summed E-state index contributed by atoms with van der Waals surface area (Å²) in [6.45, 7) is 13.3. The average Bonchev–Trinajstić information content (AvgIpc) is 2.58. The molecule has 1 rings (SSSR count). The predicted molar refractivity (Wildman–Crippen MR) is 80.9 cm³/mol. The molecule has 0 atom stereocenters. The van der Waals surface area contributed by atoms with E-state index in [-0.39, 0.29) is 0 Å². The Morgan fingerprint density at radius 2 is 1.76 bits per heavy atom. The van der Waals surface area contributed by atoms with E-state index in [1.807, 2.05) is 0 Å². The SMILES string of the molecule is CCCC(CBr)(CCC)CN1CCC(C)(C)C1. The number of halogens is 1. The van der Waals surface area contributed by atoms with E-state index in [0.29, 0.717) is 10.8 Å². The first-order valence-electron chi connectivity index (χ1n) is 7.25. The smallest absolute Gasteiger partial charge is 0.0100 e. The molecule has 2 heteroatoms. The van der Waals surface area contributed by atoms with E-state index < -0.39 is 0 Å². The van der Waals surface area contributed by atoms with Crippen molar-refractivity contribution in [3.05, 3.63) is 0 Å². The van der Waals surface area contributed by atoms with Gasteiger partial charge in [-0.05, 0) is 36.6 Å². The Kier molecular flexibility index (Phi) is 5.98. The molecule has 17 heavy (non-hydrogen) atoms. The van der Waals surface area contributed by atoms with Crippen molar-refractivity contribution in [2.45, 2.75) is 59.8 Å². The van der Waals surface area contributed by atoms with Crippen LogP contribution in [0.1, 0.15) is 59.8 Å². The van der Waals surface area contributed by atoms with Crippen LogP contribution in [0.4, 0.5) is 0 Å². The van der Waals surface area contributed by atoms with Crippen LogP contribution in [0.5, 0.6) is 0 Å². The van der Waals surface area contributed by atoms with Crippen LogP contribution in [0.15, 0.2) is 0 Å². The maximum absolute atomic E-state index is 3.78. The fraction of sp³-hybridized carbons (Fsp3) is 1.00. The fourth-order valence-electron chi connectivity index (χ4n) is 3.35. The van der Waals surface area contributed by atoms with Crippen molar-refractivity contribution in [2.75, 3.05) is 25.0 Å². The summed E-state index contributed by atoms with van der Waals surface area (Å²) in [6, 6.07) is 0. The first-order chi connectivity index (χ1) is 7.97. The van der Waals surface area contributed by atoms with Crippen molar-refractivity contribution in [1.29, 1.82) is 0 Å². The van der Waals surface area contributed by atoms with Crippen LogP contribution in [0.3, 0.4) is 0 Å². The quantitative estimate of drug-likeness (QED) is 0.616. The third-order valence-corrected chi connectivity index (χ3v) is 5.35. The molecule has 1 heterocycles. The monoisotopic (exact) mass is 303 g/mol. The second-order valence-electron chi connectivity index (χ2n) is 6.76. The highest BCUT2D eigenvalue weighted by Crippen LogP contribution is 2.37. The first-order valence-corrected chi connectivity index (χ1v) is 8.37. The molecule has 0 N–H and O–H groups in total. The zero-order chi connectivity index (χ0) is 12.9. The molecule has 0 saturated carbocycles. The van der Waals surface area contributed by atoms with Gasteiger partial charge in [0.25, 0.3) is 0 Å². The summed E-state index contributed by atoms with van der Waals surface area (Å²) in [5, 5.41) is 1.17. The number of rotatable bonds is 7. The highest BCUT2D eigenvalue weighted by atomic mass is 79.9. The Balaban J connectivity index is 2.59. The Morgan fingerprint density at radius 3 is 2.12 bits per heavy atom. The van der Waals surface area contributed by atoms with Gasteiger partial charge in [0.2, 0.25) is 0 Å². The van der Waals surface area contributed by atoms with E-state index in [2.05, 4.69) is 48.5 Å². The lowest BCUT2D eigenvalue weighted by atomic mass is 9.80. The van der Waals surface area contributed by atoms with Crippen molar-refractivity contribution >= 4 is 15.9 Å². The average molecular weight is 304 g/mol. The number of alkyl halides is 1. The zero-order valence-electron chi connectivity index (χ0n) is 12.2. The molecule has 0 spiro atoms. The van der Waals surface area contributed by atoms with E-state index >= 15 is 0 Å². The summed E-state index contributed by atoms with van der Waals surface area (Å²) in [4.78, 5) is 2.70. The topological polar surface area (TPSA) is 3.24 Å². The Hall–Kier alpha value is 0.440. The lowest BCUT2D eigenvalue weighted by Crippen LogP contribution is -2.38. The van der Waals surface area contributed by atoms with E-state index in [1.54, 1.807) is 0 Å². The van der Waals surface area contributed by atoms with Gasteiger partial charge in [0.15, 0.2) is 0 Å². The summed E-state index contributed by atoms with van der Waals surface area (Å²) in [6.07, 6.45) is 6.71. The molecule has 1 aliphatic rings.